The minimum atomic E-state index is -1.30. The number of carbonyl (C=O) groups excluding carboxylic acids is 3. The molecule has 0 aliphatic carbocycles. The van der Waals surface area contributed by atoms with Crippen molar-refractivity contribution in [1.82, 2.24) is 20.9 Å². The highest BCUT2D eigenvalue weighted by atomic mass is 35.5. The van der Waals surface area contributed by atoms with E-state index >= 15 is 0 Å². The second kappa shape index (κ2) is 21.5. The highest BCUT2D eigenvalue weighted by Crippen LogP contribution is 2.24. The summed E-state index contributed by atoms with van der Waals surface area (Å²) >= 11 is 5.80. The molecule has 0 aliphatic heterocycles. The number of halogens is 1. The molecule has 44 heavy (non-hydrogen) atoms. The van der Waals surface area contributed by atoms with Crippen molar-refractivity contribution in [2.45, 2.75) is 39.7 Å². The van der Waals surface area contributed by atoms with Crippen LogP contribution in [-0.4, -0.2) is 73.7 Å². The van der Waals surface area contributed by atoms with E-state index in [1.807, 2.05) is 43.3 Å². The Morgan fingerprint density at radius 3 is 2.39 bits per heavy atom. The minimum Gasteiger partial charge on any atom is -0.495 e. The van der Waals surface area contributed by atoms with Crippen LogP contribution < -0.4 is 20.7 Å². The first-order valence-corrected chi connectivity index (χ1v) is 14.5. The van der Waals surface area contributed by atoms with Gasteiger partial charge in [-0.05, 0) is 74.2 Å². The number of ether oxygens (including phenoxy) is 2. The lowest BCUT2D eigenvalue weighted by atomic mass is 10.0. The molecule has 12 heteroatoms. The van der Waals surface area contributed by atoms with Gasteiger partial charge in [0.15, 0.2) is 0 Å². The van der Waals surface area contributed by atoms with Crippen LogP contribution in [0.3, 0.4) is 0 Å². The molecule has 1 aromatic carbocycles. The number of rotatable bonds is 16. The maximum Gasteiger partial charge on any atom is 0.346 e. The Hall–Kier alpha value is -4.22. The molecule has 2 rings (SSSR count). The molecule has 11 nitrogen and oxygen atoms in total. The summed E-state index contributed by atoms with van der Waals surface area (Å²) in [5, 5.41) is 17.3. The van der Waals surface area contributed by atoms with E-state index in [9.17, 15) is 19.2 Å². The van der Waals surface area contributed by atoms with Crippen LogP contribution in [0.15, 0.2) is 61.0 Å². The number of amides is 2. The van der Waals surface area contributed by atoms with Crippen molar-refractivity contribution >= 4 is 41.4 Å². The fourth-order valence-electron chi connectivity index (χ4n) is 3.43. The van der Waals surface area contributed by atoms with Crippen molar-refractivity contribution in [2.24, 2.45) is 11.8 Å². The molecular weight excluding hydrogens is 588 g/mol. The molecule has 2 amide bonds. The van der Waals surface area contributed by atoms with Gasteiger partial charge in [0.2, 0.25) is 17.9 Å². The van der Waals surface area contributed by atoms with Crippen LogP contribution in [-0.2, 0) is 23.9 Å². The van der Waals surface area contributed by atoms with Crippen LogP contribution in [0.1, 0.15) is 37.8 Å². The van der Waals surface area contributed by atoms with Crippen molar-refractivity contribution in [3.05, 3.63) is 77.1 Å². The topological polar surface area (TPSA) is 156 Å². The van der Waals surface area contributed by atoms with Gasteiger partial charge < -0.3 is 30.5 Å². The van der Waals surface area contributed by atoms with Gasteiger partial charge in [0.25, 0.3) is 0 Å². The van der Waals surface area contributed by atoms with E-state index in [1.54, 1.807) is 32.6 Å². The summed E-state index contributed by atoms with van der Waals surface area (Å²) in [6.45, 7) is 5.28. The van der Waals surface area contributed by atoms with Gasteiger partial charge in [-0.1, -0.05) is 49.7 Å². The number of carboxylic acid groups (broad SMARTS) is 1. The Labute approximate surface area is 264 Å². The molecule has 0 saturated heterocycles. The molecular formula is C32H43ClN4O7. The van der Waals surface area contributed by atoms with E-state index in [2.05, 4.69) is 33.9 Å². The molecule has 0 fully saturated rings. The first kappa shape index (κ1) is 37.8. The largest absolute Gasteiger partial charge is 0.495 e. The molecule has 4 N–H and O–H groups in total. The summed E-state index contributed by atoms with van der Waals surface area (Å²) < 4.78 is 9.88. The third-order valence-corrected chi connectivity index (χ3v) is 6.34. The number of nitrogens with one attached hydrogen (secondary N) is 3. The van der Waals surface area contributed by atoms with Crippen molar-refractivity contribution in [3.63, 3.8) is 0 Å². The Morgan fingerprint density at radius 1 is 1.07 bits per heavy atom. The third-order valence-electron chi connectivity index (χ3n) is 6.04. The van der Waals surface area contributed by atoms with Crippen LogP contribution in [0.25, 0.3) is 6.08 Å². The fraction of sp³-hybridized carbons (Fsp3) is 0.406. The van der Waals surface area contributed by atoms with Crippen LogP contribution in [0, 0.1) is 18.8 Å². The van der Waals surface area contributed by atoms with Gasteiger partial charge >= 0.3 is 11.9 Å². The van der Waals surface area contributed by atoms with E-state index < -0.39 is 29.9 Å². The van der Waals surface area contributed by atoms with E-state index in [0.29, 0.717) is 17.4 Å². The zero-order valence-corrected chi connectivity index (χ0v) is 26.6. The molecule has 0 radical (unpaired) electrons. The number of aryl methyl sites for hydroxylation is 1. The number of aromatic nitrogens is 1. The van der Waals surface area contributed by atoms with E-state index in [0.717, 1.165) is 23.3 Å². The molecule has 240 valence electrons. The number of nitrogens with zero attached hydrogens (tertiary/aromatic N) is 1. The van der Waals surface area contributed by atoms with Gasteiger partial charge in [0.1, 0.15) is 5.75 Å². The number of benzene rings is 1. The summed E-state index contributed by atoms with van der Waals surface area (Å²) in [7, 11) is 3.15. The van der Waals surface area contributed by atoms with E-state index in [-0.39, 0.29) is 25.5 Å². The molecule has 0 saturated carbocycles. The predicted molar refractivity (Wildman–Crippen MR) is 170 cm³/mol. The second-order valence-corrected chi connectivity index (χ2v) is 10.4. The zero-order chi connectivity index (χ0) is 32.9. The Morgan fingerprint density at radius 2 is 1.77 bits per heavy atom. The second-order valence-electron chi connectivity index (χ2n) is 9.98. The number of esters is 1. The Kier molecular flexibility index (Phi) is 18.4. The number of hydrogen-bond acceptors (Lipinski definition) is 8. The number of carboxylic acids is 1. The maximum absolute atomic E-state index is 12.0. The minimum absolute atomic E-state index is 0.0269. The molecule has 0 spiro atoms. The summed E-state index contributed by atoms with van der Waals surface area (Å²) in [6, 6.07) is 9.55. The Balaban J connectivity index is 0.000000813. The lowest BCUT2D eigenvalue weighted by Crippen LogP contribution is -2.41. The standard InChI is InChI=1S/C24H34N4O6.C8H9ClO/c1-17(8-9-19-10-12-26-13-11-19)6-4-5-7-21(29)28-16-22(30)27-14-18(2)24(33)34-20(15-25-3)23(31)32;1-6-3-4-8(10-2)7(9)5-6/h5,7-13,17-18,20,25H,4,6,14-16H2,1-3H3,(H,27,30)(H,28,29)(H,31,32);3-5H,1-2H3/b7-5+,9-8+;. The Bertz CT molecular complexity index is 1250. The van der Waals surface area contributed by atoms with Crippen LogP contribution in [0.2, 0.25) is 5.02 Å². The van der Waals surface area contributed by atoms with E-state index in [4.69, 9.17) is 26.2 Å². The summed E-state index contributed by atoms with van der Waals surface area (Å²) in [6.07, 6.45) is 11.0. The van der Waals surface area contributed by atoms with Gasteiger partial charge in [0, 0.05) is 25.5 Å². The molecule has 2 aromatic rings. The van der Waals surface area contributed by atoms with Crippen molar-refractivity contribution in [2.75, 3.05) is 33.8 Å². The number of allylic oxidation sites excluding steroid dienone is 2. The normalized spacial score (nSPS) is 12.9. The highest BCUT2D eigenvalue weighted by molar-refractivity contribution is 6.32. The van der Waals surface area contributed by atoms with E-state index in [1.165, 1.54) is 13.0 Å². The molecule has 0 bridgehead atoms. The highest BCUT2D eigenvalue weighted by Gasteiger charge is 2.25. The van der Waals surface area contributed by atoms with Gasteiger partial charge in [-0.25, -0.2) is 4.79 Å². The monoisotopic (exact) mass is 630 g/mol. The van der Waals surface area contributed by atoms with Crippen LogP contribution in [0.5, 0.6) is 5.75 Å². The first-order chi connectivity index (χ1) is 21.0. The average Bonchev–Trinajstić information content (AvgIpc) is 3.00. The average molecular weight is 631 g/mol. The zero-order valence-electron chi connectivity index (χ0n) is 25.8. The third kappa shape index (κ3) is 16.4. The summed E-state index contributed by atoms with van der Waals surface area (Å²) in [4.78, 5) is 50.7. The smallest absolute Gasteiger partial charge is 0.346 e. The van der Waals surface area contributed by atoms with Crippen molar-refractivity contribution < 1.29 is 33.8 Å². The van der Waals surface area contributed by atoms with Gasteiger partial charge in [0.05, 0.1) is 24.6 Å². The number of aliphatic carboxylic acids is 1. The number of likely N-dealkylation sites (N-methyl/N-ethyl adjacent to an activating group) is 1. The maximum atomic E-state index is 12.0. The molecule has 0 aliphatic rings. The summed E-state index contributed by atoms with van der Waals surface area (Å²) in [5.74, 6) is -2.53. The van der Waals surface area contributed by atoms with Crippen LogP contribution in [0.4, 0.5) is 0 Å². The van der Waals surface area contributed by atoms with Gasteiger partial charge in [-0.15, -0.1) is 0 Å². The molecule has 1 heterocycles. The predicted octanol–water partition coefficient (Wildman–Crippen LogP) is 3.81. The fourth-order valence-corrected chi connectivity index (χ4v) is 3.74. The summed E-state index contributed by atoms with van der Waals surface area (Å²) in [5.41, 5.74) is 2.23. The number of hydrogen-bond donors (Lipinski definition) is 4. The molecule has 1 aromatic heterocycles. The first-order valence-electron chi connectivity index (χ1n) is 14.1. The number of carbonyl (C=O) groups is 4. The number of pyridine rings is 1. The van der Waals surface area contributed by atoms with Crippen LogP contribution >= 0.6 is 11.6 Å². The van der Waals surface area contributed by atoms with Crippen molar-refractivity contribution in [1.29, 1.82) is 0 Å². The quantitative estimate of drug-likeness (QED) is 0.160. The van der Waals surface area contributed by atoms with Gasteiger partial charge in [-0.3, -0.25) is 19.4 Å². The lowest BCUT2D eigenvalue weighted by molar-refractivity contribution is -0.166. The van der Waals surface area contributed by atoms with Gasteiger partial charge in [-0.2, -0.15) is 0 Å². The SMILES string of the molecule is CNCC(OC(=O)C(C)CNC(=O)CNC(=O)/C=C/CCC(C)/C=C/c1ccncc1)C(=O)O.COc1ccc(C)cc1Cl. The molecule has 3 unspecified atom stereocenters. The molecule has 3 atom stereocenters. The number of methoxy groups -OCH3 is 1. The van der Waals surface area contributed by atoms with Crippen molar-refractivity contribution in [3.8, 4) is 5.75 Å². The lowest BCUT2D eigenvalue weighted by Gasteiger charge is -2.17.